The molecular weight excluding hydrogens is 1630 g/mol. The number of hydrogen-bond acceptors (Lipinski definition) is 15. The third-order valence-electron chi connectivity index (χ3n) is 10.4. The van der Waals surface area contributed by atoms with Crippen LogP contribution in [0.15, 0.2) is 157 Å². The minimum atomic E-state index is -1.01. The van der Waals surface area contributed by atoms with Crippen molar-refractivity contribution < 1.29 is 87.0 Å². The van der Waals surface area contributed by atoms with Crippen molar-refractivity contribution >= 4 is 185 Å². The maximum absolute atomic E-state index is 12.4. The summed E-state index contributed by atoms with van der Waals surface area (Å²) in [6, 6.07) is 32.6. The van der Waals surface area contributed by atoms with Crippen LogP contribution in [0, 0.1) is 0 Å². The molecule has 0 heterocycles. The molecule has 0 fully saturated rings. The summed E-state index contributed by atoms with van der Waals surface area (Å²) >= 11 is 32.0. The van der Waals surface area contributed by atoms with Gasteiger partial charge in [-0.05, 0) is 268 Å². The Kier molecular flexibility index (Phi) is 36.2. The number of phenolic OH excluding ortho intramolecular Hbond substituents is 1. The Bertz CT molecular complexity index is 3290. The molecule has 7 N–H and O–H groups in total. The Morgan fingerprint density at radius 1 is 0.440 bits per heavy atom. The molecule has 0 spiro atoms. The Balaban J connectivity index is 0.000000544. The van der Waals surface area contributed by atoms with Gasteiger partial charge in [-0.15, -0.1) is 0 Å². The first-order chi connectivity index (χ1) is 38.8. The van der Waals surface area contributed by atoms with Crippen LogP contribution in [0.1, 0.15) is 94.0 Å². The standard InChI is InChI=1S/C18H16Br2O4.C17H14Br2O4.C9H7ClO3.C8H9Br2NO.C6H5Br2NO.Li.H2O/c1-3-24-17-14(19)8-11(9-15(17)20)10-16(21)12-4-6-13(7-5-12)18(22)23-2;1-2-23-16-13(18)7-10(8-14(16)19)9-15(20)11-3-5-12(6-4-11)17(21)22;1-13-9(12)7-4-2-6(3-5-7)8(10)11;1-2-12-8-6(9)3-5(11)4-7(8)10;7-4-1-3(9)2-5(8)6(4)10;;/h4-9H,3,10H2,1-2H3;3-8H,2,9H2,1H3,(H,21,22);2-5H,1H3;3-4H,2,11H2,1H3;1-2,10H,9H2;;1H2/q;;;;;+1;/p-1. The molecule has 0 aromatic heterocycles. The van der Waals surface area contributed by atoms with Gasteiger partial charge in [0.25, 0.3) is 5.24 Å². The number of carboxylic acid groups (broad SMARTS) is 1. The number of nitrogen functional groups attached to an aromatic ring is 2. The van der Waals surface area contributed by atoms with Gasteiger partial charge in [-0.25, -0.2) is 14.4 Å². The number of esters is 2. The van der Waals surface area contributed by atoms with Crippen LogP contribution in [0.2, 0.25) is 0 Å². The van der Waals surface area contributed by atoms with Gasteiger partial charge in [-0.1, -0.05) is 24.3 Å². The van der Waals surface area contributed by atoms with Crippen LogP contribution in [0.3, 0.4) is 0 Å². The van der Waals surface area contributed by atoms with Gasteiger partial charge in [0.1, 0.15) is 23.0 Å². The largest absolute Gasteiger partial charge is 1.00 e. The smallest absolute Gasteiger partial charge is 0.870 e. The van der Waals surface area contributed by atoms with Crippen molar-refractivity contribution in [2.24, 2.45) is 0 Å². The SMILES string of the molecule is CCOc1c(Br)cc(CC(=O)c2ccc(C(=O)O)cc2)cc1Br.CCOc1c(Br)cc(CC(=O)c2ccc(C(=O)OC)cc2)cc1Br.CCOc1c(Br)cc(N)cc1Br.COC(=O)c1ccc(C(=O)Cl)cc1.Nc1cc(Br)c(O)c(Br)c1.[Li+].[OH-]. The quantitative estimate of drug-likeness (QED) is 0.0175. The van der Waals surface area contributed by atoms with Gasteiger partial charge in [-0.2, -0.15) is 0 Å². The summed E-state index contributed by atoms with van der Waals surface area (Å²) in [5.74, 6) is 0.413. The fourth-order valence-corrected chi connectivity index (χ4v) is 12.4. The van der Waals surface area contributed by atoms with E-state index < -0.39 is 23.2 Å². The molecular formula is C58H52Br8ClLiN2O14. The Morgan fingerprint density at radius 3 is 0.952 bits per heavy atom. The molecule has 7 aromatic carbocycles. The molecule has 26 heteroatoms. The number of ether oxygens (including phenoxy) is 5. The number of aromatic carboxylic acids is 1. The number of carbonyl (C=O) groups is 6. The number of hydrogen-bond donors (Lipinski definition) is 4. The minimum Gasteiger partial charge on any atom is -0.870 e. The number of aromatic hydroxyl groups is 1. The zero-order valence-electron chi connectivity index (χ0n) is 45.5. The van der Waals surface area contributed by atoms with E-state index in [4.69, 9.17) is 42.4 Å². The van der Waals surface area contributed by atoms with Gasteiger partial charge in [0, 0.05) is 40.9 Å². The second-order valence-electron chi connectivity index (χ2n) is 16.2. The summed E-state index contributed by atoms with van der Waals surface area (Å²) < 4.78 is 31.6. The zero-order chi connectivity index (χ0) is 61.4. The molecule has 7 rings (SSSR count). The van der Waals surface area contributed by atoms with Crippen molar-refractivity contribution in [2.45, 2.75) is 33.6 Å². The number of carboxylic acids is 1. The molecule has 0 aliphatic rings. The number of phenols is 1. The number of anilines is 2. The van der Waals surface area contributed by atoms with Crippen LogP contribution in [0.4, 0.5) is 11.4 Å². The number of halogens is 9. The van der Waals surface area contributed by atoms with E-state index in [1.54, 1.807) is 36.4 Å². The average Bonchev–Trinajstić information content (AvgIpc) is 3.65. The van der Waals surface area contributed by atoms with Gasteiger partial charge in [0.05, 0.1) is 86.5 Å². The third kappa shape index (κ3) is 25.0. The molecule has 0 unspecified atom stereocenters. The number of methoxy groups -OCH3 is 2. The van der Waals surface area contributed by atoms with Crippen molar-refractivity contribution in [1.82, 2.24) is 0 Å². The zero-order valence-corrected chi connectivity index (χ0v) is 58.9. The van der Waals surface area contributed by atoms with E-state index in [0.717, 1.165) is 49.5 Å². The first kappa shape index (κ1) is 77.5. The normalized spacial score (nSPS) is 9.83. The van der Waals surface area contributed by atoms with Gasteiger partial charge in [0.2, 0.25) is 0 Å². The predicted molar refractivity (Wildman–Crippen MR) is 349 cm³/mol. The maximum atomic E-state index is 12.4. The second kappa shape index (κ2) is 39.3. The minimum absolute atomic E-state index is 0. The van der Waals surface area contributed by atoms with E-state index >= 15 is 0 Å². The number of benzene rings is 7. The van der Waals surface area contributed by atoms with Gasteiger partial charge in [-0.3, -0.25) is 14.4 Å². The van der Waals surface area contributed by atoms with E-state index in [2.05, 4.69) is 137 Å². The molecule has 442 valence electrons. The van der Waals surface area contributed by atoms with E-state index in [9.17, 15) is 33.9 Å². The summed E-state index contributed by atoms with van der Waals surface area (Å²) in [4.78, 5) is 68.6. The summed E-state index contributed by atoms with van der Waals surface area (Å²) in [5.41, 5.74) is 16.4. The van der Waals surface area contributed by atoms with Crippen molar-refractivity contribution in [3.05, 3.63) is 202 Å². The molecule has 0 radical (unpaired) electrons. The van der Waals surface area contributed by atoms with Crippen LogP contribution in [-0.4, -0.2) is 84.4 Å². The second-order valence-corrected chi connectivity index (χ2v) is 23.4. The van der Waals surface area contributed by atoms with Crippen LogP contribution in [0.25, 0.3) is 0 Å². The molecule has 0 atom stereocenters. The summed E-state index contributed by atoms with van der Waals surface area (Å²) in [6.07, 6.45) is 0.469. The Morgan fingerprint density at radius 2 is 0.690 bits per heavy atom. The summed E-state index contributed by atoms with van der Waals surface area (Å²) in [6.45, 7) is 7.50. The van der Waals surface area contributed by atoms with E-state index in [0.29, 0.717) is 73.7 Å². The molecule has 0 saturated heterocycles. The number of ketones is 2. The molecule has 7 aromatic rings. The van der Waals surface area contributed by atoms with Crippen molar-refractivity contribution in [3.63, 3.8) is 0 Å². The maximum Gasteiger partial charge on any atom is 1.00 e. The predicted octanol–water partition coefficient (Wildman–Crippen LogP) is 13.9. The molecule has 16 nitrogen and oxygen atoms in total. The van der Waals surface area contributed by atoms with Gasteiger partial charge in [0.15, 0.2) is 11.6 Å². The number of rotatable bonds is 16. The third-order valence-corrected chi connectivity index (χ3v) is 15.3. The molecule has 0 aliphatic heterocycles. The van der Waals surface area contributed by atoms with E-state index in [-0.39, 0.29) is 60.1 Å². The Hall–Kier alpha value is -4.55. The fraction of sp³-hybridized carbons (Fsp3) is 0.172. The number of nitrogens with two attached hydrogens (primary N) is 2. The summed E-state index contributed by atoms with van der Waals surface area (Å²) in [7, 11) is 2.62. The molecule has 0 aliphatic carbocycles. The number of Topliss-reactive ketones (excluding diaryl/α,β-unsaturated/α-hetero) is 2. The first-order valence-electron chi connectivity index (χ1n) is 23.8. The monoisotopic (exact) mass is 1670 g/mol. The number of carbonyl (C=O) groups excluding carboxylic acids is 5. The fourth-order valence-electron chi connectivity index (χ4n) is 6.58. The topological polar surface area (TPSA) is 271 Å². The van der Waals surface area contributed by atoms with Crippen LogP contribution in [-0.2, 0) is 22.3 Å². The van der Waals surface area contributed by atoms with E-state index in [1.165, 1.54) is 62.8 Å². The Labute approximate surface area is 569 Å². The van der Waals surface area contributed by atoms with Crippen molar-refractivity contribution in [3.8, 4) is 23.0 Å². The molecule has 0 amide bonds. The molecule has 84 heavy (non-hydrogen) atoms. The van der Waals surface area contributed by atoms with Crippen molar-refractivity contribution in [1.29, 1.82) is 0 Å². The van der Waals surface area contributed by atoms with Crippen LogP contribution in [0.5, 0.6) is 23.0 Å². The first-order valence-corrected chi connectivity index (χ1v) is 30.5. The van der Waals surface area contributed by atoms with Crippen LogP contribution < -0.4 is 44.5 Å². The van der Waals surface area contributed by atoms with Gasteiger partial charge >= 0.3 is 36.8 Å². The summed E-state index contributed by atoms with van der Waals surface area (Å²) in [5, 5.41) is 17.5. The molecule has 0 saturated carbocycles. The van der Waals surface area contributed by atoms with Gasteiger partial charge < -0.3 is 50.8 Å². The van der Waals surface area contributed by atoms with E-state index in [1.807, 2.05) is 57.2 Å². The van der Waals surface area contributed by atoms with Crippen molar-refractivity contribution in [2.75, 3.05) is 45.5 Å². The molecule has 0 bridgehead atoms. The van der Waals surface area contributed by atoms with Crippen LogP contribution >= 0.6 is 139 Å². The average molecular weight is 1680 g/mol.